The molecule has 2 fully saturated rings. The van der Waals surface area contributed by atoms with Crippen molar-refractivity contribution in [3.05, 3.63) is 0 Å². The molecule has 0 aromatic rings. The van der Waals surface area contributed by atoms with Crippen molar-refractivity contribution in [2.75, 3.05) is 58.7 Å². The summed E-state index contributed by atoms with van der Waals surface area (Å²) in [5.74, 6) is 0.703. The molecule has 0 radical (unpaired) electrons. The summed E-state index contributed by atoms with van der Waals surface area (Å²) >= 11 is 0. The molecule has 2 rings (SSSR count). The summed E-state index contributed by atoms with van der Waals surface area (Å²) in [7, 11) is -3.19. The largest absolute Gasteiger partial charge is 0.381 e. The monoisotopic (exact) mass is 502 g/mol. The molecule has 2 aliphatic heterocycles. The van der Waals surface area contributed by atoms with Crippen molar-refractivity contribution in [3.8, 4) is 0 Å². The molecule has 2 N–H and O–H groups in total. The fourth-order valence-electron chi connectivity index (χ4n) is 3.47. The first kappa shape index (κ1) is 23.9. The summed E-state index contributed by atoms with van der Waals surface area (Å²) in [5.41, 5.74) is 0. The third-order valence-electron chi connectivity index (χ3n) is 5.23. The second-order valence-corrected chi connectivity index (χ2v) is 9.50. The Morgan fingerprint density at radius 2 is 1.81 bits per heavy atom. The molecule has 7 nitrogen and oxygen atoms in total. The highest BCUT2D eigenvalue weighted by Gasteiger charge is 2.42. The third-order valence-corrected chi connectivity index (χ3v) is 7.34. The van der Waals surface area contributed by atoms with Crippen LogP contribution in [0.25, 0.3) is 0 Å². The van der Waals surface area contributed by atoms with Crippen LogP contribution < -0.4 is 10.6 Å². The van der Waals surface area contributed by atoms with Gasteiger partial charge in [0.15, 0.2) is 15.8 Å². The number of rotatable bonds is 7. The predicted octanol–water partition coefficient (Wildman–Crippen LogP) is 1.24. The van der Waals surface area contributed by atoms with E-state index in [-0.39, 0.29) is 30.5 Å². The maximum Gasteiger partial charge on any atom is 0.191 e. The van der Waals surface area contributed by atoms with Crippen LogP contribution >= 0.6 is 24.0 Å². The second kappa shape index (κ2) is 11.7. The fourth-order valence-corrected chi connectivity index (χ4v) is 4.68. The lowest BCUT2D eigenvalue weighted by molar-refractivity contribution is 0.0768. The number of hydrogen-bond donors (Lipinski definition) is 2. The molecular weight excluding hydrogens is 467 g/mol. The van der Waals surface area contributed by atoms with Crippen LogP contribution in [0.15, 0.2) is 4.99 Å². The number of likely N-dealkylation sites (tertiary alicyclic amines) is 1. The van der Waals surface area contributed by atoms with Gasteiger partial charge >= 0.3 is 0 Å². The minimum atomic E-state index is -3.19. The molecule has 9 heteroatoms. The Bertz CT molecular complexity index is 530. The number of nitrogens with zero attached hydrogens (tertiary/aromatic N) is 2. The first-order valence-corrected chi connectivity index (χ1v) is 11.4. The predicted molar refractivity (Wildman–Crippen MR) is 117 cm³/mol. The molecule has 2 saturated heterocycles. The van der Waals surface area contributed by atoms with E-state index in [0.29, 0.717) is 32.0 Å². The Morgan fingerprint density at radius 3 is 2.38 bits per heavy atom. The van der Waals surface area contributed by atoms with Gasteiger partial charge in [-0.15, -0.1) is 24.0 Å². The zero-order chi connectivity index (χ0) is 18.2. The number of halogens is 1. The van der Waals surface area contributed by atoms with Crippen molar-refractivity contribution in [2.24, 2.45) is 4.99 Å². The smallest absolute Gasteiger partial charge is 0.191 e. The SMILES string of the molecule is CCNC(=NCC1(S(C)(=O)=O)CCOCC1)NCCN1CCCCC1.I. The van der Waals surface area contributed by atoms with Crippen LogP contribution in [0.3, 0.4) is 0 Å². The highest BCUT2D eigenvalue weighted by molar-refractivity contribution is 14.0. The van der Waals surface area contributed by atoms with Gasteiger partial charge in [-0.2, -0.15) is 0 Å². The van der Waals surface area contributed by atoms with Crippen molar-refractivity contribution < 1.29 is 13.2 Å². The van der Waals surface area contributed by atoms with Gasteiger partial charge in [0.05, 0.1) is 11.3 Å². The zero-order valence-electron chi connectivity index (χ0n) is 16.1. The Kier molecular flexibility index (Phi) is 10.7. The van der Waals surface area contributed by atoms with Crippen molar-refractivity contribution in [1.29, 1.82) is 0 Å². The van der Waals surface area contributed by atoms with E-state index in [1.807, 2.05) is 6.92 Å². The van der Waals surface area contributed by atoms with E-state index in [9.17, 15) is 8.42 Å². The number of piperidine rings is 1. The lowest BCUT2D eigenvalue weighted by Crippen LogP contribution is -2.48. The van der Waals surface area contributed by atoms with Crippen molar-refractivity contribution >= 4 is 39.8 Å². The van der Waals surface area contributed by atoms with Crippen LogP contribution in [-0.4, -0.2) is 82.8 Å². The number of sulfone groups is 1. The molecular formula is C17H35IN4O3S. The van der Waals surface area contributed by atoms with Gasteiger partial charge in [-0.25, -0.2) is 8.42 Å². The highest BCUT2D eigenvalue weighted by atomic mass is 127. The number of ether oxygens (including phenoxy) is 1. The maximum atomic E-state index is 12.3. The van der Waals surface area contributed by atoms with Gasteiger partial charge in [0.1, 0.15) is 0 Å². The van der Waals surface area contributed by atoms with Crippen LogP contribution in [0.4, 0.5) is 0 Å². The topological polar surface area (TPSA) is 83.0 Å². The van der Waals surface area contributed by atoms with Crippen LogP contribution in [0.2, 0.25) is 0 Å². The van der Waals surface area contributed by atoms with E-state index >= 15 is 0 Å². The van der Waals surface area contributed by atoms with E-state index in [1.165, 1.54) is 38.6 Å². The molecule has 2 aliphatic rings. The number of guanidine groups is 1. The first-order valence-electron chi connectivity index (χ1n) is 9.49. The van der Waals surface area contributed by atoms with Crippen molar-refractivity contribution in [1.82, 2.24) is 15.5 Å². The molecule has 0 aromatic carbocycles. The first-order chi connectivity index (χ1) is 12.0. The zero-order valence-corrected chi connectivity index (χ0v) is 19.3. The van der Waals surface area contributed by atoms with E-state index in [4.69, 9.17) is 4.74 Å². The normalized spacial score (nSPS) is 21.7. The average Bonchev–Trinajstić information content (AvgIpc) is 2.60. The summed E-state index contributed by atoms with van der Waals surface area (Å²) in [6, 6.07) is 0. The van der Waals surface area contributed by atoms with Gasteiger partial charge in [0.2, 0.25) is 0 Å². The summed E-state index contributed by atoms with van der Waals surface area (Å²) in [6.45, 7) is 8.19. The fraction of sp³-hybridized carbons (Fsp3) is 0.941. The second-order valence-electron chi connectivity index (χ2n) is 7.09. The summed E-state index contributed by atoms with van der Waals surface area (Å²) in [4.78, 5) is 7.07. The molecule has 0 saturated carbocycles. The van der Waals surface area contributed by atoms with Crippen LogP contribution in [-0.2, 0) is 14.6 Å². The molecule has 0 aromatic heterocycles. The van der Waals surface area contributed by atoms with E-state index in [0.717, 1.165) is 19.6 Å². The van der Waals surface area contributed by atoms with E-state index in [1.54, 1.807) is 0 Å². The van der Waals surface area contributed by atoms with Gasteiger partial charge in [-0.3, -0.25) is 4.99 Å². The summed E-state index contributed by atoms with van der Waals surface area (Å²) in [6.07, 6.45) is 6.26. The standard InChI is InChI=1S/C17H34N4O3S.HI/c1-3-18-16(19-9-12-21-10-5-4-6-11-21)20-15-17(25(2,22)23)7-13-24-14-8-17;/h3-15H2,1-2H3,(H2,18,19,20);1H. The van der Waals surface area contributed by atoms with Crippen LogP contribution in [0.1, 0.15) is 39.0 Å². The van der Waals surface area contributed by atoms with E-state index < -0.39 is 14.6 Å². The number of nitrogens with one attached hydrogen (secondary N) is 2. The molecule has 26 heavy (non-hydrogen) atoms. The van der Waals surface area contributed by atoms with Crippen molar-refractivity contribution in [2.45, 2.75) is 43.8 Å². The highest BCUT2D eigenvalue weighted by Crippen LogP contribution is 2.29. The lowest BCUT2D eigenvalue weighted by Gasteiger charge is -2.34. The number of aliphatic imine (C=N–C) groups is 1. The third kappa shape index (κ3) is 7.12. The molecule has 0 bridgehead atoms. The van der Waals surface area contributed by atoms with Gasteiger partial charge in [-0.1, -0.05) is 6.42 Å². The molecule has 0 amide bonds. The molecule has 2 heterocycles. The molecule has 0 atom stereocenters. The lowest BCUT2D eigenvalue weighted by atomic mass is 9.99. The van der Waals surface area contributed by atoms with Crippen molar-refractivity contribution in [3.63, 3.8) is 0 Å². The Morgan fingerprint density at radius 1 is 1.15 bits per heavy atom. The Balaban J connectivity index is 0.00000338. The maximum absolute atomic E-state index is 12.3. The minimum Gasteiger partial charge on any atom is -0.381 e. The summed E-state index contributed by atoms with van der Waals surface area (Å²) < 4.78 is 29.2. The molecule has 154 valence electrons. The van der Waals surface area contributed by atoms with Crippen LogP contribution in [0, 0.1) is 0 Å². The van der Waals surface area contributed by atoms with Gasteiger partial charge in [-0.05, 0) is 45.7 Å². The molecule has 0 unspecified atom stereocenters. The molecule has 0 spiro atoms. The van der Waals surface area contributed by atoms with Gasteiger partial charge in [0, 0.05) is 39.1 Å². The van der Waals surface area contributed by atoms with E-state index in [2.05, 4.69) is 20.5 Å². The summed E-state index contributed by atoms with van der Waals surface area (Å²) in [5, 5.41) is 6.57. The quantitative estimate of drug-likeness (QED) is 0.310. The van der Waals surface area contributed by atoms with Gasteiger partial charge in [0.25, 0.3) is 0 Å². The Labute approximate surface area is 175 Å². The van der Waals surface area contributed by atoms with Gasteiger partial charge < -0.3 is 20.3 Å². The average molecular weight is 502 g/mol. The Hall–Kier alpha value is -0.130. The van der Waals surface area contributed by atoms with Crippen LogP contribution in [0.5, 0.6) is 0 Å². The molecule has 0 aliphatic carbocycles. The number of hydrogen-bond acceptors (Lipinski definition) is 5. The minimum absolute atomic E-state index is 0.